The second-order valence-electron chi connectivity index (χ2n) is 1.92. The van der Waals surface area contributed by atoms with Gasteiger partial charge >= 0.3 is 0 Å². The monoisotopic (exact) mass is 213 g/mol. The van der Waals surface area contributed by atoms with E-state index in [1.807, 2.05) is 5.32 Å². The van der Waals surface area contributed by atoms with Crippen molar-refractivity contribution in [3.8, 4) is 0 Å². The van der Waals surface area contributed by atoms with Crippen LogP contribution in [0, 0.1) is 0 Å². The molecule has 0 bridgehead atoms. The molecule has 6 nitrogen and oxygen atoms in total. The molecule has 0 rings (SSSR count). The van der Waals surface area contributed by atoms with Crippen LogP contribution in [0.4, 0.5) is 0 Å². The minimum absolute atomic E-state index is 0.588. The quantitative estimate of drug-likeness (QED) is 0.554. The third-order valence-corrected chi connectivity index (χ3v) is 2.45. The Labute approximate surface area is 74.3 Å². The maximum absolute atomic E-state index is 10.4. The highest BCUT2D eigenvalue weighted by atomic mass is 32.2. The van der Waals surface area contributed by atoms with E-state index in [0.29, 0.717) is 0 Å². The van der Waals surface area contributed by atoms with Gasteiger partial charge in [-0.25, -0.2) is 0 Å². The maximum atomic E-state index is 10.4. The summed E-state index contributed by atoms with van der Waals surface area (Å²) >= 11 is -5.11. The average Bonchev–Trinajstić information content (AvgIpc) is 1.83. The highest BCUT2D eigenvalue weighted by molar-refractivity contribution is 7.83. The molecule has 12 heavy (non-hydrogen) atoms. The van der Waals surface area contributed by atoms with E-state index >= 15 is 0 Å². The number of hydrogen-bond acceptors (Lipinski definition) is 5. The lowest BCUT2D eigenvalue weighted by atomic mass is 10.6. The van der Waals surface area contributed by atoms with E-state index in [0.717, 1.165) is 6.92 Å². The van der Waals surface area contributed by atoms with Gasteiger partial charge < -0.3 is 14.4 Å². The van der Waals surface area contributed by atoms with Gasteiger partial charge in [-0.2, -0.15) is 0 Å². The van der Waals surface area contributed by atoms with E-state index in [9.17, 15) is 22.3 Å². The first-order valence-corrected chi connectivity index (χ1v) is 5.22. The topological polar surface area (TPSA) is 109 Å². The molecule has 3 unspecified atom stereocenters. The molecule has 0 spiro atoms. The summed E-state index contributed by atoms with van der Waals surface area (Å²) in [6, 6.07) is 0. The first kappa shape index (κ1) is 11.7. The average molecular weight is 213 g/mol. The summed E-state index contributed by atoms with van der Waals surface area (Å²) in [6.07, 6.45) is 0. The molecular weight excluding hydrogens is 206 g/mol. The van der Waals surface area contributed by atoms with Crippen molar-refractivity contribution >= 4 is 28.1 Å². The summed E-state index contributed by atoms with van der Waals surface area (Å²) in [7, 11) is 0. The molecule has 0 aliphatic heterocycles. The van der Waals surface area contributed by atoms with Gasteiger partial charge in [0, 0.05) is 12.7 Å². The summed E-state index contributed by atoms with van der Waals surface area (Å²) in [5, 5.41) is 0.606. The van der Waals surface area contributed by atoms with Crippen molar-refractivity contribution in [2.24, 2.45) is 0 Å². The smallest absolute Gasteiger partial charge is 0.217 e. The fourth-order valence-corrected chi connectivity index (χ4v) is 1.87. The Balaban J connectivity index is 4.14. The van der Waals surface area contributed by atoms with Crippen LogP contribution in [-0.4, -0.2) is 34.6 Å². The minimum atomic E-state index is -2.62. The van der Waals surface area contributed by atoms with E-state index in [2.05, 4.69) is 0 Å². The Morgan fingerprint density at radius 1 is 1.50 bits per heavy atom. The van der Waals surface area contributed by atoms with E-state index in [4.69, 9.17) is 0 Å². The van der Waals surface area contributed by atoms with E-state index < -0.39 is 39.2 Å². The molecule has 0 radical (unpaired) electrons. The summed E-state index contributed by atoms with van der Waals surface area (Å²) in [5.41, 5.74) is 0. The Kier molecular flexibility index (Phi) is 5.22. The molecular formula is C4H7NO5S2-2. The second-order valence-corrected chi connectivity index (χ2v) is 3.95. The van der Waals surface area contributed by atoms with Gasteiger partial charge in [0.25, 0.3) is 0 Å². The van der Waals surface area contributed by atoms with Gasteiger partial charge in [0.05, 0.1) is 0 Å². The summed E-state index contributed by atoms with van der Waals surface area (Å²) in [4.78, 5) is 10.4. The fraction of sp³-hybridized carbons (Fsp3) is 0.750. The molecule has 8 heteroatoms. The number of carbonyl (C=O) groups is 1. The number of nitrogens with one attached hydrogen (secondary N) is 1. The van der Waals surface area contributed by atoms with Crippen molar-refractivity contribution in [1.29, 1.82) is 0 Å². The number of amides is 1. The highest BCUT2D eigenvalue weighted by Gasteiger charge is 2.09. The normalized spacial score (nSPS) is 17.9. The number of carbonyl (C=O) groups excluding carboxylic acids is 1. The predicted molar refractivity (Wildman–Crippen MR) is 40.3 cm³/mol. The molecule has 0 aromatic carbocycles. The zero-order chi connectivity index (χ0) is 9.72. The van der Waals surface area contributed by atoms with Gasteiger partial charge in [0.2, 0.25) is 5.91 Å². The lowest BCUT2D eigenvalue weighted by molar-refractivity contribution is -0.119. The van der Waals surface area contributed by atoms with Crippen LogP contribution >= 0.6 is 0 Å². The molecule has 1 N–H and O–H groups in total. The molecule has 0 fully saturated rings. The number of rotatable bonds is 4. The van der Waals surface area contributed by atoms with Gasteiger partial charge in [-0.1, -0.05) is 11.1 Å². The summed E-state index contributed by atoms with van der Waals surface area (Å²) < 4.78 is 40.7. The fourth-order valence-electron chi connectivity index (χ4n) is 0.496. The van der Waals surface area contributed by atoms with Crippen molar-refractivity contribution in [1.82, 2.24) is 5.32 Å². The lowest BCUT2D eigenvalue weighted by Crippen LogP contribution is -2.40. The first-order valence-electron chi connectivity index (χ1n) is 2.84. The molecule has 72 valence electrons. The van der Waals surface area contributed by atoms with Gasteiger partial charge in [-0.3, -0.25) is 13.2 Å². The van der Waals surface area contributed by atoms with Crippen LogP contribution in [0.15, 0.2) is 0 Å². The largest absolute Gasteiger partial charge is 0.772 e. The van der Waals surface area contributed by atoms with Gasteiger partial charge in [0.1, 0.15) is 5.37 Å². The Morgan fingerprint density at radius 3 is 2.25 bits per heavy atom. The third kappa shape index (κ3) is 5.35. The van der Waals surface area contributed by atoms with Gasteiger partial charge in [-0.05, 0) is 11.1 Å². The van der Waals surface area contributed by atoms with Crippen molar-refractivity contribution in [2.45, 2.75) is 12.3 Å². The van der Waals surface area contributed by atoms with E-state index in [1.54, 1.807) is 0 Å². The lowest BCUT2D eigenvalue weighted by Gasteiger charge is -2.21. The standard InChI is InChI=1S/C4H9NO5S2/c1-3(6)5-4(12(9)10)2-11(7)8/h4H,2H2,1H3,(H,5,6)(H,7,8)(H,9,10)/p-2. The molecule has 0 heterocycles. The van der Waals surface area contributed by atoms with Crippen LogP contribution < -0.4 is 5.32 Å². The Bertz CT molecular complexity index is 201. The molecule has 0 aromatic heterocycles. The second kappa shape index (κ2) is 5.36. The molecule has 3 atom stereocenters. The number of hydrogen-bond donors (Lipinski definition) is 1. The first-order chi connectivity index (χ1) is 5.43. The minimum Gasteiger partial charge on any atom is -0.772 e. The molecule has 0 aliphatic carbocycles. The highest BCUT2D eigenvalue weighted by Crippen LogP contribution is 1.91. The predicted octanol–water partition coefficient (Wildman–Crippen LogP) is -1.79. The Morgan fingerprint density at radius 2 is 2.00 bits per heavy atom. The third-order valence-electron chi connectivity index (χ3n) is 0.884. The van der Waals surface area contributed by atoms with Crippen LogP contribution in [0.25, 0.3) is 0 Å². The summed E-state index contributed by atoms with van der Waals surface area (Å²) in [5.74, 6) is -1.22. The zero-order valence-corrected chi connectivity index (χ0v) is 7.78. The van der Waals surface area contributed by atoms with Crippen molar-refractivity contribution in [2.75, 3.05) is 5.75 Å². The summed E-state index contributed by atoms with van der Waals surface area (Å²) in [6.45, 7) is 1.10. The van der Waals surface area contributed by atoms with Crippen LogP contribution in [-0.2, 0) is 27.0 Å². The van der Waals surface area contributed by atoms with Crippen LogP contribution in [0.2, 0.25) is 0 Å². The molecule has 1 amide bonds. The molecule has 0 aromatic rings. The van der Waals surface area contributed by atoms with Crippen molar-refractivity contribution in [3.63, 3.8) is 0 Å². The van der Waals surface area contributed by atoms with E-state index in [-0.39, 0.29) is 0 Å². The van der Waals surface area contributed by atoms with Crippen LogP contribution in [0.5, 0.6) is 0 Å². The zero-order valence-electron chi connectivity index (χ0n) is 6.14. The van der Waals surface area contributed by atoms with Crippen LogP contribution in [0.3, 0.4) is 0 Å². The van der Waals surface area contributed by atoms with Gasteiger partial charge in [0.15, 0.2) is 0 Å². The molecule has 0 saturated carbocycles. The molecule has 0 saturated heterocycles. The van der Waals surface area contributed by atoms with E-state index in [1.165, 1.54) is 0 Å². The van der Waals surface area contributed by atoms with Crippen molar-refractivity contribution in [3.05, 3.63) is 0 Å². The van der Waals surface area contributed by atoms with Crippen molar-refractivity contribution < 1.29 is 22.3 Å². The Hall–Kier alpha value is -0.310. The molecule has 0 aliphatic rings. The maximum Gasteiger partial charge on any atom is 0.217 e. The SMILES string of the molecule is CC(=O)NC(CS(=O)[O-])S(=O)[O-]. The van der Waals surface area contributed by atoms with Crippen LogP contribution in [0.1, 0.15) is 6.92 Å². The van der Waals surface area contributed by atoms with Gasteiger partial charge in [-0.15, -0.1) is 0 Å².